The Bertz CT molecular complexity index is 158. The molecule has 2 aliphatic rings. The van der Waals surface area contributed by atoms with Crippen molar-refractivity contribution in [2.24, 2.45) is 28.9 Å². The molecule has 1 heteroatoms. The smallest absolute Gasteiger partial charge is 0.00407 e. The molecule has 0 spiro atoms. The molecule has 2 atom stereocenters. The van der Waals surface area contributed by atoms with Crippen LogP contribution in [-0.4, -0.2) is 6.54 Å². The van der Waals surface area contributed by atoms with Crippen LogP contribution in [0.1, 0.15) is 33.1 Å². The van der Waals surface area contributed by atoms with Crippen LogP contribution in [0.25, 0.3) is 0 Å². The molecule has 0 saturated heterocycles. The topological polar surface area (TPSA) is 26.0 Å². The summed E-state index contributed by atoms with van der Waals surface area (Å²) in [4.78, 5) is 0. The van der Waals surface area contributed by atoms with Gasteiger partial charge in [0.05, 0.1) is 0 Å². The van der Waals surface area contributed by atoms with Gasteiger partial charge in [-0.05, 0) is 29.7 Å². The molecule has 0 radical (unpaired) electrons. The Morgan fingerprint density at radius 3 is 2.27 bits per heavy atom. The Hall–Kier alpha value is -0.0400. The second-order valence-corrected chi connectivity index (χ2v) is 4.88. The highest BCUT2D eigenvalue weighted by Crippen LogP contribution is 2.64. The maximum absolute atomic E-state index is 5.72. The summed E-state index contributed by atoms with van der Waals surface area (Å²) in [5, 5.41) is 0. The number of hydrogen-bond donors (Lipinski definition) is 1. The second kappa shape index (κ2) is 2.22. The normalized spacial score (nSPS) is 41.7. The third kappa shape index (κ3) is 0.936. The van der Waals surface area contributed by atoms with Crippen LogP contribution in [0.3, 0.4) is 0 Å². The molecule has 2 fully saturated rings. The summed E-state index contributed by atoms with van der Waals surface area (Å²) in [6.07, 6.45) is 4.42. The van der Waals surface area contributed by atoms with E-state index in [0.717, 1.165) is 24.3 Å². The maximum Gasteiger partial charge on any atom is -0.00407 e. The number of nitrogens with two attached hydrogens (primary N) is 1. The lowest BCUT2D eigenvalue weighted by Gasteiger charge is -2.26. The third-order valence-electron chi connectivity index (χ3n) is 4.05. The zero-order valence-electron chi connectivity index (χ0n) is 7.64. The van der Waals surface area contributed by atoms with Crippen LogP contribution in [-0.2, 0) is 0 Å². The zero-order chi connectivity index (χ0) is 8.06. The Morgan fingerprint density at radius 2 is 2.00 bits per heavy atom. The van der Waals surface area contributed by atoms with Gasteiger partial charge in [-0.15, -0.1) is 0 Å². The van der Waals surface area contributed by atoms with E-state index in [2.05, 4.69) is 13.8 Å². The molecule has 0 aromatic heterocycles. The fourth-order valence-electron chi connectivity index (χ4n) is 2.97. The van der Waals surface area contributed by atoms with E-state index in [-0.39, 0.29) is 0 Å². The van der Waals surface area contributed by atoms with Crippen LogP contribution >= 0.6 is 0 Å². The van der Waals surface area contributed by atoms with Crippen molar-refractivity contribution in [3.63, 3.8) is 0 Å². The predicted octanol–water partition coefficient (Wildman–Crippen LogP) is 2.02. The molecular weight excluding hydrogens is 134 g/mol. The van der Waals surface area contributed by atoms with Crippen LogP contribution < -0.4 is 5.73 Å². The van der Waals surface area contributed by atoms with E-state index in [1.165, 1.54) is 19.3 Å². The van der Waals surface area contributed by atoms with E-state index in [1.54, 1.807) is 0 Å². The number of hydrogen-bond acceptors (Lipinski definition) is 1. The average molecular weight is 153 g/mol. The molecule has 2 rings (SSSR count). The van der Waals surface area contributed by atoms with Crippen LogP contribution in [0.4, 0.5) is 0 Å². The average Bonchev–Trinajstić information content (AvgIpc) is 2.31. The van der Waals surface area contributed by atoms with Crippen molar-refractivity contribution in [3.05, 3.63) is 0 Å². The first-order valence-electron chi connectivity index (χ1n) is 4.88. The van der Waals surface area contributed by atoms with Crippen molar-refractivity contribution in [2.75, 3.05) is 6.54 Å². The summed E-state index contributed by atoms with van der Waals surface area (Å²) in [5.41, 5.74) is 6.30. The first-order chi connectivity index (χ1) is 5.18. The minimum Gasteiger partial charge on any atom is -0.330 e. The first kappa shape index (κ1) is 7.60. The van der Waals surface area contributed by atoms with Crippen molar-refractivity contribution in [2.45, 2.75) is 33.1 Å². The van der Waals surface area contributed by atoms with Crippen molar-refractivity contribution in [1.29, 1.82) is 0 Å². The molecule has 2 N–H and O–H groups in total. The van der Waals surface area contributed by atoms with Crippen LogP contribution in [0.15, 0.2) is 0 Å². The van der Waals surface area contributed by atoms with Crippen LogP contribution in [0, 0.1) is 23.2 Å². The summed E-state index contributed by atoms with van der Waals surface area (Å²) in [6, 6.07) is 0. The molecule has 0 unspecified atom stereocenters. The Balaban J connectivity index is 1.96. The molecule has 0 bridgehead atoms. The molecule has 0 aromatic rings. The van der Waals surface area contributed by atoms with Gasteiger partial charge < -0.3 is 5.73 Å². The van der Waals surface area contributed by atoms with Gasteiger partial charge in [0, 0.05) is 0 Å². The molecule has 0 amide bonds. The molecule has 11 heavy (non-hydrogen) atoms. The fraction of sp³-hybridized carbons (Fsp3) is 1.00. The minimum absolute atomic E-state index is 0.583. The lowest BCUT2D eigenvalue weighted by atomic mass is 9.79. The van der Waals surface area contributed by atoms with E-state index in [0.29, 0.717) is 5.41 Å². The Morgan fingerprint density at radius 1 is 1.36 bits per heavy atom. The van der Waals surface area contributed by atoms with Gasteiger partial charge in [0.15, 0.2) is 0 Å². The molecule has 0 aliphatic heterocycles. The highest BCUT2D eigenvalue weighted by Gasteiger charge is 2.60. The van der Waals surface area contributed by atoms with Gasteiger partial charge in [0.2, 0.25) is 0 Å². The lowest BCUT2D eigenvalue weighted by Crippen LogP contribution is -2.16. The van der Waals surface area contributed by atoms with Crippen molar-refractivity contribution < 1.29 is 0 Å². The SMILES string of the molecule is CC1(C)[C@H](CN)[C@H]1C1CCC1. The van der Waals surface area contributed by atoms with E-state index in [4.69, 9.17) is 5.73 Å². The quantitative estimate of drug-likeness (QED) is 0.645. The van der Waals surface area contributed by atoms with Crippen molar-refractivity contribution in [3.8, 4) is 0 Å². The van der Waals surface area contributed by atoms with Crippen molar-refractivity contribution in [1.82, 2.24) is 0 Å². The monoisotopic (exact) mass is 153 g/mol. The van der Waals surface area contributed by atoms with E-state index in [9.17, 15) is 0 Å². The first-order valence-corrected chi connectivity index (χ1v) is 4.88. The summed E-state index contributed by atoms with van der Waals surface area (Å²) in [5.74, 6) is 2.85. The van der Waals surface area contributed by atoms with Gasteiger partial charge in [0.25, 0.3) is 0 Å². The predicted molar refractivity (Wildman–Crippen MR) is 47.2 cm³/mol. The molecular formula is C10H19N. The molecule has 0 heterocycles. The van der Waals surface area contributed by atoms with E-state index >= 15 is 0 Å². The van der Waals surface area contributed by atoms with Crippen LogP contribution in [0.2, 0.25) is 0 Å². The van der Waals surface area contributed by atoms with Gasteiger partial charge in [-0.2, -0.15) is 0 Å². The number of rotatable bonds is 2. The highest BCUT2D eigenvalue weighted by molar-refractivity contribution is 5.09. The Kier molecular flexibility index (Phi) is 1.54. The second-order valence-electron chi connectivity index (χ2n) is 4.88. The van der Waals surface area contributed by atoms with Crippen molar-refractivity contribution >= 4 is 0 Å². The van der Waals surface area contributed by atoms with Gasteiger partial charge >= 0.3 is 0 Å². The molecule has 64 valence electrons. The van der Waals surface area contributed by atoms with Gasteiger partial charge in [-0.25, -0.2) is 0 Å². The molecule has 2 aliphatic carbocycles. The van der Waals surface area contributed by atoms with Gasteiger partial charge in [-0.3, -0.25) is 0 Å². The van der Waals surface area contributed by atoms with E-state index in [1.807, 2.05) is 0 Å². The van der Waals surface area contributed by atoms with Gasteiger partial charge in [-0.1, -0.05) is 33.1 Å². The Labute approximate surface area is 69.4 Å². The zero-order valence-corrected chi connectivity index (χ0v) is 7.64. The van der Waals surface area contributed by atoms with Gasteiger partial charge in [0.1, 0.15) is 0 Å². The summed E-state index contributed by atoms with van der Waals surface area (Å²) < 4.78 is 0. The van der Waals surface area contributed by atoms with Crippen LogP contribution in [0.5, 0.6) is 0 Å². The summed E-state index contributed by atoms with van der Waals surface area (Å²) in [7, 11) is 0. The standard InChI is InChI=1S/C10H19N/c1-10(2)8(6-11)9(10)7-4-3-5-7/h7-9H,3-6,11H2,1-2H3/t8-,9-/m1/s1. The lowest BCUT2D eigenvalue weighted by molar-refractivity contribution is 0.245. The summed E-state index contributed by atoms with van der Waals surface area (Å²) in [6.45, 7) is 5.68. The minimum atomic E-state index is 0.583. The largest absolute Gasteiger partial charge is 0.330 e. The summed E-state index contributed by atoms with van der Waals surface area (Å²) >= 11 is 0. The maximum atomic E-state index is 5.72. The molecule has 2 saturated carbocycles. The molecule has 0 aromatic carbocycles. The van der Waals surface area contributed by atoms with E-state index < -0.39 is 0 Å². The fourth-order valence-corrected chi connectivity index (χ4v) is 2.97. The third-order valence-corrected chi connectivity index (χ3v) is 4.05. The molecule has 1 nitrogen and oxygen atoms in total. The highest BCUT2D eigenvalue weighted by atomic mass is 14.7.